The Balaban J connectivity index is 1.93. The van der Waals surface area contributed by atoms with Crippen molar-refractivity contribution in [3.05, 3.63) is 11.9 Å². The van der Waals surface area contributed by atoms with E-state index in [0.29, 0.717) is 38.9 Å². The predicted molar refractivity (Wildman–Crippen MR) is 89.3 cm³/mol. The molecular formula is C16H32N4O3. The van der Waals surface area contributed by atoms with Gasteiger partial charge in [-0.1, -0.05) is 19.1 Å². The Morgan fingerprint density at radius 3 is 2.52 bits per heavy atom. The van der Waals surface area contributed by atoms with Gasteiger partial charge in [-0.2, -0.15) is 0 Å². The summed E-state index contributed by atoms with van der Waals surface area (Å²) in [4.78, 5) is 0. The van der Waals surface area contributed by atoms with Gasteiger partial charge >= 0.3 is 0 Å². The Morgan fingerprint density at radius 1 is 1.09 bits per heavy atom. The first-order valence-corrected chi connectivity index (χ1v) is 8.44. The Morgan fingerprint density at radius 2 is 1.83 bits per heavy atom. The van der Waals surface area contributed by atoms with Gasteiger partial charge in [-0.15, -0.1) is 5.10 Å². The molecule has 0 amide bonds. The third kappa shape index (κ3) is 11.2. The molecule has 1 aromatic heterocycles. The van der Waals surface area contributed by atoms with Gasteiger partial charge in [-0.25, -0.2) is 4.68 Å². The lowest BCUT2D eigenvalue weighted by Crippen LogP contribution is -2.24. The van der Waals surface area contributed by atoms with E-state index < -0.39 is 0 Å². The highest BCUT2D eigenvalue weighted by atomic mass is 16.5. The third-order valence-corrected chi connectivity index (χ3v) is 2.96. The molecule has 7 nitrogen and oxygen atoms in total. The van der Waals surface area contributed by atoms with Crippen LogP contribution in [0.4, 0.5) is 0 Å². The first-order valence-electron chi connectivity index (χ1n) is 8.44. The number of aromatic nitrogens is 3. The van der Waals surface area contributed by atoms with Crippen LogP contribution >= 0.6 is 0 Å². The highest BCUT2D eigenvalue weighted by Crippen LogP contribution is 1.99. The van der Waals surface area contributed by atoms with Gasteiger partial charge in [-0.3, -0.25) is 0 Å². The van der Waals surface area contributed by atoms with E-state index in [9.17, 15) is 0 Å². The van der Waals surface area contributed by atoms with Crippen molar-refractivity contribution < 1.29 is 14.2 Å². The van der Waals surface area contributed by atoms with Crippen molar-refractivity contribution in [1.82, 2.24) is 20.3 Å². The minimum atomic E-state index is 0.198. The van der Waals surface area contributed by atoms with Gasteiger partial charge in [0.25, 0.3) is 0 Å². The monoisotopic (exact) mass is 328 g/mol. The van der Waals surface area contributed by atoms with E-state index >= 15 is 0 Å². The van der Waals surface area contributed by atoms with Gasteiger partial charge in [-0.05, 0) is 26.3 Å². The molecule has 0 saturated carbocycles. The second-order valence-corrected chi connectivity index (χ2v) is 6.16. The molecule has 0 saturated heterocycles. The lowest BCUT2D eigenvalue weighted by atomic mass is 10.2. The molecule has 0 aliphatic carbocycles. The maximum Gasteiger partial charge on any atom is 0.108 e. The summed E-state index contributed by atoms with van der Waals surface area (Å²) >= 11 is 0. The van der Waals surface area contributed by atoms with E-state index in [4.69, 9.17) is 14.2 Å². The molecule has 23 heavy (non-hydrogen) atoms. The van der Waals surface area contributed by atoms with Crippen LogP contribution in [0.15, 0.2) is 6.20 Å². The summed E-state index contributed by atoms with van der Waals surface area (Å²) < 4.78 is 18.3. The SMILES string of the molecule is CC(C)CNCCOCCOCCn1cc(COC(C)C)nn1. The van der Waals surface area contributed by atoms with Gasteiger partial charge in [0.15, 0.2) is 0 Å². The molecule has 0 radical (unpaired) electrons. The lowest BCUT2D eigenvalue weighted by molar-refractivity contribution is 0.0447. The molecule has 0 aliphatic rings. The van der Waals surface area contributed by atoms with Crippen LogP contribution in [0, 0.1) is 5.92 Å². The predicted octanol–water partition coefficient (Wildman–Crippen LogP) is 1.48. The van der Waals surface area contributed by atoms with E-state index in [-0.39, 0.29) is 6.10 Å². The van der Waals surface area contributed by atoms with Crippen LogP contribution in [-0.2, 0) is 27.4 Å². The topological polar surface area (TPSA) is 70.4 Å². The molecule has 1 rings (SSSR count). The molecule has 0 aromatic carbocycles. The summed E-state index contributed by atoms with van der Waals surface area (Å²) in [6.45, 7) is 14.0. The molecule has 0 fully saturated rings. The number of ether oxygens (including phenoxy) is 3. The minimum absolute atomic E-state index is 0.198. The van der Waals surface area contributed by atoms with Crippen molar-refractivity contribution in [3.8, 4) is 0 Å². The standard InChI is InChI=1S/C16H32N4O3/c1-14(2)11-17-5-7-21-9-10-22-8-6-20-12-16(18-19-20)13-23-15(3)4/h12,14-15,17H,5-11,13H2,1-4H3. The highest BCUT2D eigenvalue weighted by Gasteiger charge is 2.02. The number of rotatable bonds is 14. The Kier molecular flexibility index (Phi) is 10.8. The first-order chi connectivity index (χ1) is 11.1. The molecule has 0 atom stereocenters. The fourth-order valence-corrected chi connectivity index (χ4v) is 1.78. The van der Waals surface area contributed by atoms with Crippen molar-refractivity contribution in [3.63, 3.8) is 0 Å². The molecule has 0 unspecified atom stereocenters. The summed E-state index contributed by atoms with van der Waals surface area (Å²) in [5.41, 5.74) is 0.843. The first kappa shape index (κ1) is 20.0. The number of nitrogens with one attached hydrogen (secondary N) is 1. The fraction of sp³-hybridized carbons (Fsp3) is 0.875. The molecule has 1 heterocycles. The molecule has 7 heteroatoms. The van der Waals surface area contributed by atoms with Crippen molar-refractivity contribution in [2.75, 3.05) is 39.5 Å². The Labute approximate surface area is 139 Å². The minimum Gasteiger partial charge on any atom is -0.378 e. The van der Waals surface area contributed by atoms with Crippen molar-refractivity contribution in [2.45, 2.75) is 47.0 Å². The van der Waals surface area contributed by atoms with Gasteiger partial charge in [0.1, 0.15) is 5.69 Å². The van der Waals surface area contributed by atoms with E-state index in [2.05, 4.69) is 29.5 Å². The summed E-state index contributed by atoms with van der Waals surface area (Å²) in [5, 5.41) is 11.4. The summed E-state index contributed by atoms with van der Waals surface area (Å²) in [6.07, 6.45) is 2.09. The Hall–Kier alpha value is -1.02. The molecule has 1 N–H and O–H groups in total. The van der Waals surface area contributed by atoms with E-state index in [1.807, 2.05) is 20.0 Å². The van der Waals surface area contributed by atoms with Crippen LogP contribution in [0.3, 0.4) is 0 Å². The maximum absolute atomic E-state index is 5.52. The van der Waals surface area contributed by atoms with E-state index in [1.54, 1.807) is 4.68 Å². The number of hydrogen-bond acceptors (Lipinski definition) is 6. The zero-order chi connectivity index (χ0) is 16.9. The summed E-state index contributed by atoms with van der Waals surface area (Å²) in [5.74, 6) is 0.674. The van der Waals surface area contributed by atoms with Crippen LogP contribution in [0.25, 0.3) is 0 Å². The zero-order valence-corrected chi connectivity index (χ0v) is 15.0. The molecule has 0 spiro atoms. The smallest absolute Gasteiger partial charge is 0.108 e. The van der Waals surface area contributed by atoms with E-state index in [0.717, 1.165) is 25.4 Å². The summed E-state index contributed by atoms with van der Waals surface area (Å²) in [7, 11) is 0. The number of nitrogens with zero attached hydrogens (tertiary/aromatic N) is 3. The zero-order valence-electron chi connectivity index (χ0n) is 15.0. The van der Waals surface area contributed by atoms with Crippen molar-refractivity contribution in [1.29, 1.82) is 0 Å². The maximum atomic E-state index is 5.52. The van der Waals surface area contributed by atoms with Crippen molar-refractivity contribution >= 4 is 0 Å². The quantitative estimate of drug-likeness (QED) is 0.522. The van der Waals surface area contributed by atoms with Crippen LogP contribution in [0.2, 0.25) is 0 Å². The number of hydrogen-bond donors (Lipinski definition) is 1. The normalized spacial score (nSPS) is 11.7. The fourth-order valence-electron chi connectivity index (χ4n) is 1.78. The molecular weight excluding hydrogens is 296 g/mol. The lowest BCUT2D eigenvalue weighted by Gasteiger charge is -2.08. The third-order valence-electron chi connectivity index (χ3n) is 2.96. The van der Waals surface area contributed by atoms with Gasteiger partial charge < -0.3 is 19.5 Å². The second kappa shape index (κ2) is 12.4. The van der Waals surface area contributed by atoms with E-state index in [1.165, 1.54) is 0 Å². The van der Waals surface area contributed by atoms with Crippen LogP contribution in [0.1, 0.15) is 33.4 Å². The highest BCUT2D eigenvalue weighted by molar-refractivity contribution is 4.89. The van der Waals surface area contributed by atoms with Crippen molar-refractivity contribution in [2.24, 2.45) is 5.92 Å². The van der Waals surface area contributed by atoms with Crippen LogP contribution < -0.4 is 5.32 Å². The van der Waals surface area contributed by atoms with Gasteiger partial charge in [0.2, 0.25) is 0 Å². The van der Waals surface area contributed by atoms with Crippen LogP contribution in [-0.4, -0.2) is 60.6 Å². The average Bonchev–Trinajstić information content (AvgIpc) is 2.94. The van der Waals surface area contributed by atoms with Gasteiger partial charge in [0.05, 0.1) is 51.9 Å². The molecule has 134 valence electrons. The molecule has 1 aromatic rings. The average molecular weight is 328 g/mol. The Bertz CT molecular complexity index is 396. The summed E-state index contributed by atoms with van der Waals surface area (Å²) in [6, 6.07) is 0. The second-order valence-electron chi connectivity index (χ2n) is 6.16. The molecule has 0 aliphatic heterocycles. The molecule has 0 bridgehead atoms. The van der Waals surface area contributed by atoms with Crippen LogP contribution in [0.5, 0.6) is 0 Å². The largest absolute Gasteiger partial charge is 0.378 e. The van der Waals surface area contributed by atoms with Gasteiger partial charge in [0, 0.05) is 6.54 Å².